The van der Waals surface area contributed by atoms with E-state index >= 15 is 0 Å². The van der Waals surface area contributed by atoms with Crippen LogP contribution in [0.5, 0.6) is 0 Å². The van der Waals surface area contributed by atoms with Gasteiger partial charge in [-0.2, -0.15) is 0 Å². The number of carbonyl (C=O) groups is 1. The minimum absolute atomic E-state index is 0.0272. The minimum atomic E-state index is -0.382. The molecule has 0 aromatic heterocycles. The van der Waals surface area contributed by atoms with Crippen molar-refractivity contribution in [2.45, 2.75) is 6.61 Å². The number of halogens is 1. The highest BCUT2D eigenvalue weighted by Crippen LogP contribution is 2.11. The number of hydrogen-bond acceptors (Lipinski definition) is 3. The molecule has 0 atom stereocenters. The quantitative estimate of drug-likeness (QED) is 0.720. The average Bonchev–Trinajstić information content (AvgIpc) is 2.15. The van der Waals surface area contributed by atoms with Crippen LogP contribution in [0, 0.1) is 0 Å². The van der Waals surface area contributed by atoms with Crippen LogP contribution in [0.15, 0.2) is 24.3 Å². The van der Waals surface area contributed by atoms with Gasteiger partial charge in [0.15, 0.2) is 0 Å². The van der Waals surface area contributed by atoms with Gasteiger partial charge in [-0.25, -0.2) is 4.79 Å². The summed E-state index contributed by atoms with van der Waals surface area (Å²) >= 11 is 5.76. The summed E-state index contributed by atoms with van der Waals surface area (Å²) in [6.07, 6.45) is 0. The average molecular weight is 215 g/mol. The normalized spacial score (nSPS) is 9.86. The van der Waals surface area contributed by atoms with Crippen molar-refractivity contribution in [3.63, 3.8) is 0 Å². The molecular weight excluding hydrogens is 204 g/mol. The molecule has 0 aliphatic rings. The topological polar surface area (TPSA) is 35.5 Å². The van der Waals surface area contributed by atoms with Crippen LogP contribution in [0.25, 0.3) is 0 Å². The molecule has 76 valence electrons. The molecular formula is C10H11ClO3. The second-order valence-corrected chi connectivity index (χ2v) is 3.16. The third-order valence-corrected chi connectivity index (χ3v) is 1.79. The molecule has 0 radical (unpaired) electrons. The Morgan fingerprint density at radius 1 is 1.50 bits per heavy atom. The first-order chi connectivity index (χ1) is 6.72. The monoisotopic (exact) mass is 214 g/mol. The molecule has 0 bridgehead atoms. The Balaban J connectivity index is 2.41. The lowest BCUT2D eigenvalue weighted by molar-refractivity contribution is -0.149. The van der Waals surface area contributed by atoms with Gasteiger partial charge in [0.05, 0.1) is 0 Å². The molecule has 14 heavy (non-hydrogen) atoms. The number of rotatable bonds is 4. The molecule has 0 saturated heterocycles. The van der Waals surface area contributed by atoms with Crippen molar-refractivity contribution in [2.75, 3.05) is 13.7 Å². The van der Waals surface area contributed by atoms with Crippen LogP contribution in [0.4, 0.5) is 0 Å². The highest BCUT2D eigenvalue weighted by Gasteiger charge is 2.01. The summed E-state index contributed by atoms with van der Waals surface area (Å²) in [5.74, 6) is -0.382. The summed E-state index contributed by atoms with van der Waals surface area (Å²) < 4.78 is 9.52. The molecule has 0 fully saturated rings. The van der Waals surface area contributed by atoms with Crippen molar-refractivity contribution in [3.8, 4) is 0 Å². The maximum Gasteiger partial charge on any atom is 0.332 e. The van der Waals surface area contributed by atoms with Gasteiger partial charge >= 0.3 is 5.97 Å². The summed E-state index contributed by atoms with van der Waals surface area (Å²) in [4.78, 5) is 10.9. The predicted molar refractivity (Wildman–Crippen MR) is 53.1 cm³/mol. The Morgan fingerprint density at radius 2 is 2.29 bits per heavy atom. The second kappa shape index (κ2) is 5.62. The Hall–Kier alpha value is -1.06. The molecule has 0 aliphatic carbocycles. The molecule has 4 heteroatoms. The Labute approximate surface area is 87.6 Å². The number of benzene rings is 1. The van der Waals surface area contributed by atoms with Gasteiger partial charge in [-0.3, -0.25) is 0 Å². The van der Waals surface area contributed by atoms with Crippen molar-refractivity contribution < 1.29 is 14.3 Å². The van der Waals surface area contributed by atoms with Gasteiger partial charge in [0, 0.05) is 12.1 Å². The summed E-state index contributed by atoms with van der Waals surface area (Å²) in [5, 5.41) is 0.630. The fourth-order valence-corrected chi connectivity index (χ4v) is 1.16. The molecule has 0 unspecified atom stereocenters. The standard InChI is InChI=1S/C10H11ClO3/c1-13-7-10(12)14-6-8-3-2-4-9(11)5-8/h2-5H,6-7H2,1H3. The maximum absolute atomic E-state index is 10.9. The SMILES string of the molecule is COCC(=O)OCc1cccc(Cl)c1. The molecule has 3 nitrogen and oxygen atoms in total. The molecule has 1 aromatic rings. The lowest BCUT2D eigenvalue weighted by atomic mass is 10.2. The van der Waals surface area contributed by atoms with Crippen molar-refractivity contribution in [2.24, 2.45) is 0 Å². The molecule has 0 aliphatic heterocycles. The molecule has 0 amide bonds. The molecule has 1 aromatic carbocycles. The second-order valence-electron chi connectivity index (χ2n) is 2.72. The molecule has 1 rings (SSSR count). The molecule has 0 heterocycles. The van der Waals surface area contributed by atoms with Gasteiger partial charge in [-0.1, -0.05) is 23.7 Å². The van der Waals surface area contributed by atoms with Crippen LogP contribution in [0.1, 0.15) is 5.56 Å². The zero-order valence-electron chi connectivity index (χ0n) is 7.83. The van der Waals surface area contributed by atoms with Gasteiger partial charge in [-0.05, 0) is 17.7 Å². The Kier molecular flexibility index (Phi) is 4.43. The van der Waals surface area contributed by atoms with Gasteiger partial charge in [-0.15, -0.1) is 0 Å². The van der Waals surface area contributed by atoms with Crippen molar-refractivity contribution in [3.05, 3.63) is 34.9 Å². The van der Waals surface area contributed by atoms with E-state index in [0.717, 1.165) is 5.56 Å². The fourth-order valence-electron chi connectivity index (χ4n) is 0.950. The first-order valence-corrected chi connectivity index (χ1v) is 4.49. The van der Waals surface area contributed by atoms with E-state index in [-0.39, 0.29) is 19.2 Å². The largest absolute Gasteiger partial charge is 0.459 e. The summed E-state index contributed by atoms with van der Waals surface area (Å²) in [6, 6.07) is 7.16. The van der Waals surface area contributed by atoms with Crippen LogP contribution in [-0.2, 0) is 20.9 Å². The van der Waals surface area contributed by atoms with Gasteiger partial charge in [0.2, 0.25) is 0 Å². The highest BCUT2D eigenvalue weighted by atomic mass is 35.5. The first kappa shape index (κ1) is 11.0. The van der Waals surface area contributed by atoms with Crippen LogP contribution >= 0.6 is 11.6 Å². The number of hydrogen-bond donors (Lipinski definition) is 0. The Bertz CT molecular complexity index is 312. The molecule has 0 N–H and O–H groups in total. The van der Waals surface area contributed by atoms with E-state index in [4.69, 9.17) is 16.3 Å². The van der Waals surface area contributed by atoms with Gasteiger partial charge in [0.25, 0.3) is 0 Å². The maximum atomic E-state index is 10.9. The van der Waals surface area contributed by atoms with Crippen LogP contribution in [0.2, 0.25) is 5.02 Å². The van der Waals surface area contributed by atoms with E-state index in [1.807, 2.05) is 12.1 Å². The van der Waals surface area contributed by atoms with Gasteiger partial charge < -0.3 is 9.47 Å². The van der Waals surface area contributed by atoms with E-state index in [1.54, 1.807) is 12.1 Å². The van der Waals surface area contributed by atoms with Crippen LogP contribution in [0.3, 0.4) is 0 Å². The lowest BCUT2D eigenvalue weighted by Gasteiger charge is -2.04. The smallest absolute Gasteiger partial charge is 0.332 e. The Morgan fingerprint density at radius 3 is 2.93 bits per heavy atom. The van der Waals surface area contributed by atoms with E-state index in [2.05, 4.69) is 4.74 Å². The predicted octanol–water partition coefficient (Wildman–Crippen LogP) is 2.03. The number of carbonyl (C=O) groups excluding carboxylic acids is 1. The van der Waals surface area contributed by atoms with Crippen LogP contribution < -0.4 is 0 Å². The van der Waals surface area contributed by atoms with E-state index < -0.39 is 0 Å². The minimum Gasteiger partial charge on any atom is -0.459 e. The molecule has 0 spiro atoms. The van der Waals surface area contributed by atoms with Gasteiger partial charge in [0.1, 0.15) is 13.2 Å². The van der Waals surface area contributed by atoms with Crippen LogP contribution in [-0.4, -0.2) is 19.7 Å². The summed E-state index contributed by atoms with van der Waals surface area (Å²) in [5.41, 5.74) is 0.863. The third kappa shape index (κ3) is 3.77. The molecule has 0 saturated carbocycles. The zero-order valence-corrected chi connectivity index (χ0v) is 8.58. The fraction of sp³-hybridized carbons (Fsp3) is 0.300. The zero-order chi connectivity index (χ0) is 10.4. The lowest BCUT2D eigenvalue weighted by Crippen LogP contribution is -2.10. The summed E-state index contributed by atoms with van der Waals surface area (Å²) in [6.45, 7) is 0.198. The van der Waals surface area contributed by atoms with Crippen molar-refractivity contribution in [1.82, 2.24) is 0 Å². The van der Waals surface area contributed by atoms with E-state index in [0.29, 0.717) is 5.02 Å². The summed E-state index contributed by atoms with van der Waals surface area (Å²) in [7, 11) is 1.45. The van der Waals surface area contributed by atoms with E-state index in [1.165, 1.54) is 7.11 Å². The third-order valence-electron chi connectivity index (χ3n) is 1.55. The van der Waals surface area contributed by atoms with Crippen molar-refractivity contribution in [1.29, 1.82) is 0 Å². The first-order valence-electron chi connectivity index (χ1n) is 4.11. The van der Waals surface area contributed by atoms with E-state index in [9.17, 15) is 4.79 Å². The number of ether oxygens (including phenoxy) is 2. The number of methoxy groups -OCH3 is 1. The number of esters is 1. The highest BCUT2D eigenvalue weighted by molar-refractivity contribution is 6.30. The van der Waals surface area contributed by atoms with Crippen molar-refractivity contribution >= 4 is 17.6 Å².